The molecule has 2 heterocycles. The van der Waals surface area contributed by atoms with E-state index in [4.69, 9.17) is 14.2 Å². The van der Waals surface area contributed by atoms with Crippen LogP contribution in [0.2, 0.25) is 0 Å². The Morgan fingerprint density at radius 2 is 1.92 bits per heavy atom. The van der Waals surface area contributed by atoms with E-state index in [1.54, 1.807) is 24.5 Å². The number of rotatable bonds is 4. The number of nitrogens with zero attached hydrogens (tertiary/aromatic N) is 2. The average molecular weight is 342 g/mol. The highest BCUT2D eigenvalue weighted by Crippen LogP contribution is 2.31. The number of aromatic nitrogens is 1. The highest BCUT2D eigenvalue weighted by molar-refractivity contribution is 5.82. The molecule has 0 radical (unpaired) electrons. The lowest BCUT2D eigenvalue weighted by atomic mass is 10.2. The fourth-order valence-corrected chi connectivity index (χ4v) is 2.63. The molecule has 3 rings (SSSR count). The monoisotopic (exact) mass is 342 g/mol. The molecule has 1 saturated heterocycles. The molecule has 1 fully saturated rings. The van der Waals surface area contributed by atoms with Crippen molar-refractivity contribution in [2.75, 3.05) is 13.7 Å². The standard InChI is InChI=1S/C18H18N2O5/c1-23-17(21)15-12-24-16(14-7-9-19-10-8-14)20(15)18(22)25-11-13-5-3-2-4-6-13/h2-10,15-16H,11-12H2,1H3/t15?,16-/m0/s1. The second-order valence-electron chi connectivity index (χ2n) is 5.45. The molecule has 1 aliphatic rings. The molecular weight excluding hydrogens is 324 g/mol. The topological polar surface area (TPSA) is 78.0 Å². The van der Waals surface area contributed by atoms with Crippen LogP contribution in [0.3, 0.4) is 0 Å². The van der Waals surface area contributed by atoms with E-state index < -0.39 is 24.3 Å². The maximum atomic E-state index is 12.6. The Labute approximate surface area is 145 Å². The van der Waals surface area contributed by atoms with Gasteiger partial charge in [0, 0.05) is 18.0 Å². The van der Waals surface area contributed by atoms with Crippen LogP contribution in [0.4, 0.5) is 4.79 Å². The maximum Gasteiger partial charge on any atom is 0.413 e. The van der Waals surface area contributed by atoms with Crippen LogP contribution in [0.1, 0.15) is 17.4 Å². The smallest absolute Gasteiger partial charge is 0.413 e. The van der Waals surface area contributed by atoms with Crippen molar-refractivity contribution in [2.45, 2.75) is 18.9 Å². The Balaban J connectivity index is 1.78. The molecule has 1 amide bonds. The summed E-state index contributed by atoms with van der Waals surface area (Å²) in [6.07, 6.45) is 1.82. The van der Waals surface area contributed by atoms with Gasteiger partial charge in [-0.1, -0.05) is 30.3 Å². The minimum Gasteiger partial charge on any atom is -0.467 e. The minimum absolute atomic E-state index is 0.0418. The number of methoxy groups -OCH3 is 1. The Kier molecular flexibility index (Phi) is 5.25. The zero-order valence-corrected chi connectivity index (χ0v) is 13.7. The molecule has 0 aliphatic carbocycles. The zero-order valence-electron chi connectivity index (χ0n) is 13.7. The van der Waals surface area contributed by atoms with Gasteiger partial charge < -0.3 is 14.2 Å². The van der Waals surface area contributed by atoms with Crippen LogP contribution in [0, 0.1) is 0 Å². The second-order valence-corrected chi connectivity index (χ2v) is 5.45. The first kappa shape index (κ1) is 16.9. The van der Waals surface area contributed by atoms with Gasteiger partial charge in [0.25, 0.3) is 0 Å². The molecule has 1 unspecified atom stereocenters. The molecule has 1 aromatic heterocycles. The Bertz CT molecular complexity index is 723. The van der Waals surface area contributed by atoms with E-state index in [0.29, 0.717) is 5.56 Å². The number of amides is 1. The molecular formula is C18H18N2O5. The van der Waals surface area contributed by atoms with Crippen LogP contribution < -0.4 is 0 Å². The van der Waals surface area contributed by atoms with Gasteiger partial charge in [0.05, 0.1) is 13.7 Å². The summed E-state index contributed by atoms with van der Waals surface area (Å²) in [6, 6.07) is 11.9. The molecule has 2 aromatic rings. The van der Waals surface area contributed by atoms with Gasteiger partial charge in [0.15, 0.2) is 12.3 Å². The van der Waals surface area contributed by atoms with Gasteiger partial charge in [0.2, 0.25) is 0 Å². The van der Waals surface area contributed by atoms with Crippen molar-refractivity contribution in [1.29, 1.82) is 0 Å². The number of hydrogen-bond acceptors (Lipinski definition) is 6. The third-order valence-corrected chi connectivity index (χ3v) is 3.88. The molecule has 0 N–H and O–H groups in total. The van der Waals surface area contributed by atoms with Crippen LogP contribution in [-0.4, -0.2) is 41.7 Å². The van der Waals surface area contributed by atoms with Crippen molar-refractivity contribution in [1.82, 2.24) is 9.88 Å². The SMILES string of the molecule is COC(=O)C1CO[C@@H](c2ccncc2)N1C(=O)OCc1ccccc1. The van der Waals surface area contributed by atoms with Crippen LogP contribution in [0.15, 0.2) is 54.9 Å². The predicted octanol–water partition coefficient (Wildman–Crippen LogP) is 2.29. The first-order valence-corrected chi connectivity index (χ1v) is 7.79. The van der Waals surface area contributed by atoms with Gasteiger partial charge in [0.1, 0.15) is 6.61 Å². The van der Waals surface area contributed by atoms with Gasteiger partial charge in [-0.2, -0.15) is 0 Å². The molecule has 1 aliphatic heterocycles. The maximum absolute atomic E-state index is 12.6. The highest BCUT2D eigenvalue weighted by atomic mass is 16.6. The van der Waals surface area contributed by atoms with E-state index in [9.17, 15) is 9.59 Å². The number of esters is 1. The average Bonchev–Trinajstić information content (AvgIpc) is 3.12. The first-order valence-electron chi connectivity index (χ1n) is 7.79. The van der Waals surface area contributed by atoms with Gasteiger partial charge in [-0.05, 0) is 17.7 Å². The molecule has 0 saturated carbocycles. The number of carbonyl (C=O) groups is 2. The van der Waals surface area contributed by atoms with Gasteiger partial charge in [-0.3, -0.25) is 9.88 Å². The van der Waals surface area contributed by atoms with Crippen molar-refractivity contribution in [3.05, 3.63) is 66.0 Å². The van der Waals surface area contributed by atoms with Crippen LogP contribution in [-0.2, 0) is 25.6 Å². The van der Waals surface area contributed by atoms with Crippen LogP contribution in [0.25, 0.3) is 0 Å². The fraction of sp³-hybridized carbons (Fsp3) is 0.278. The lowest BCUT2D eigenvalue weighted by Crippen LogP contribution is -2.43. The molecule has 7 nitrogen and oxygen atoms in total. The summed E-state index contributed by atoms with van der Waals surface area (Å²) in [5.41, 5.74) is 1.56. The zero-order chi connectivity index (χ0) is 17.6. The molecule has 1 aromatic carbocycles. The van der Waals surface area contributed by atoms with Crippen molar-refractivity contribution in [2.24, 2.45) is 0 Å². The predicted molar refractivity (Wildman–Crippen MR) is 87.2 cm³/mol. The van der Waals surface area contributed by atoms with E-state index in [-0.39, 0.29) is 13.2 Å². The van der Waals surface area contributed by atoms with E-state index >= 15 is 0 Å². The summed E-state index contributed by atoms with van der Waals surface area (Å²) >= 11 is 0. The van der Waals surface area contributed by atoms with Gasteiger partial charge in [-0.25, -0.2) is 9.59 Å². The summed E-state index contributed by atoms with van der Waals surface area (Å²) in [6.45, 7) is 0.146. The highest BCUT2D eigenvalue weighted by Gasteiger charge is 2.44. The molecule has 2 atom stereocenters. The summed E-state index contributed by atoms with van der Waals surface area (Å²) in [5.74, 6) is -0.548. The molecule has 25 heavy (non-hydrogen) atoms. The fourth-order valence-electron chi connectivity index (χ4n) is 2.63. The lowest BCUT2D eigenvalue weighted by molar-refractivity contribution is -0.145. The Morgan fingerprint density at radius 1 is 1.20 bits per heavy atom. The Morgan fingerprint density at radius 3 is 2.60 bits per heavy atom. The minimum atomic E-state index is -0.855. The van der Waals surface area contributed by atoms with Gasteiger partial charge in [-0.15, -0.1) is 0 Å². The number of benzene rings is 1. The van der Waals surface area contributed by atoms with Crippen molar-refractivity contribution >= 4 is 12.1 Å². The third-order valence-electron chi connectivity index (χ3n) is 3.88. The summed E-state index contributed by atoms with van der Waals surface area (Å²) in [4.78, 5) is 29.9. The molecule has 0 spiro atoms. The normalized spacial score (nSPS) is 19.5. The molecule has 0 bridgehead atoms. The number of hydrogen-bond donors (Lipinski definition) is 0. The van der Waals surface area contributed by atoms with E-state index in [0.717, 1.165) is 5.56 Å². The van der Waals surface area contributed by atoms with E-state index in [1.807, 2.05) is 30.3 Å². The third kappa shape index (κ3) is 3.77. The van der Waals surface area contributed by atoms with Gasteiger partial charge >= 0.3 is 12.1 Å². The summed E-state index contributed by atoms with van der Waals surface area (Å²) in [5, 5.41) is 0. The Hall–Kier alpha value is -2.93. The number of carbonyl (C=O) groups excluding carboxylic acids is 2. The second kappa shape index (κ2) is 7.76. The summed E-state index contributed by atoms with van der Waals surface area (Å²) in [7, 11) is 1.27. The van der Waals surface area contributed by atoms with E-state index in [1.165, 1.54) is 12.0 Å². The first-order chi connectivity index (χ1) is 12.2. The number of ether oxygens (including phenoxy) is 3. The molecule has 130 valence electrons. The van der Waals surface area contributed by atoms with Crippen molar-refractivity contribution < 1.29 is 23.8 Å². The quantitative estimate of drug-likeness (QED) is 0.794. The van der Waals surface area contributed by atoms with Crippen LogP contribution in [0.5, 0.6) is 0 Å². The summed E-state index contributed by atoms with van der Waals surface area (Å²) < 4.78 is 15.8. The van der Waals surface area contributed by atoms with E-state index in [2.05, 4.69) is 4.98 Å². The lowest BCUT2D eigenvalue weighted by Gasteiger charge is -2.26. The van der Waals surface area contributed by atoms with Crippen LogP contribution >= 0.6 is 0 Å². The van der Waals surface area contributed by atoms with Crippen molar-refractivity contribution in [3.63, 3.8) is 0 Å². The molecule has 7 heteroatoms. The largest absolute Gasteiger partial charge is 0.467 e. The number of pyridine rings is 1. The van der Waals surface area contributed by atoms with Crippen molar-refractivity contribution in [3.8, 4) is 0 Å².